The van der Waals surface area contributed by atoms with Gasteiger partial charge in [0, 0.05) is 12.1 Å². The third kappa shape index (κ3) is 2.24. The Kier molecular flexibility index (Phi) is 2.83. The molecule has 0 amide bonds. The zero-order valence-corrected chi connectivity index (χ0v) is 9.13. The average Bonchev–Trinajstić information content (AvgIpc) is 2.16. The van der Waals surface area contributed by atoms with Crippen LogP contribution in [0.1, 0.15) is 17.1 Å². The number of hydrogen-bond acceptors (Lipinski definition) is 4. The van der Waals surface area contributed by atoms with E-state index in [-0.39, 0.29) is 5.56 Å². The van der Waals surface area contributed by atoms with Crippen molar-refractivity contribution in [3.63, 3.8) is 0 Å². The zero-order valence-electron chi connectivity index (χ0n) is 9.13. The predicted molar refractivity (Wildman–Crippen MR) is 57.7 cm³/mol. The Morgan fingerprint density at radius 1 is 1.47 bits per heavy atom. The highest BCUT2D eigenvalue weighted by Crippen LogP contribution is 2.06. The van der Waals surface area contributed by atoms with Crippen LogP contribution < -0.4 is 10.9 Å². The minimum atomic E-state index is 0.0263. The van der Waals surface area contributed by atoms with Gasteiger partial charge in [0.1, 0.15) is 5.82 Å². The van der Waals surface area contributed by atoms with Gasteiger partial charge in [-0.1, -0.05) is 0 Å². The van der Waals surface area contributed by atoms with Gasteiger partial charge in [-0.2, -0.15) is 0 Å². The van der Waals surface area contributed by atoms with Crippen molar-refractivity contribution in [2.45, 2.75) is 19.5 Å². The molecule has 82 valence electrons. The van der Waals surface area contributed by atoms with Crippen LogP contribution >= 0.6 is 0 Å². The summed E-state index contributed by atoms with van der Waals surface area (Å²) in [4.78, 5) is 21.0. The van der Waals surface area contributed by atoms with Gasteiger partial charge >= 0.3 is 0 Å². The monoisotopic (exact) mass is 208 g/mol. The lowest BCUT2D eigenvalue weighted by molar-refractivity contribution is 0.388. The summed E-state index contributed by atoms with van der Waals surface area (Å²) in [6.45, 7) is 2.24. The van der Waals surface area contributed by atoms with Crippen LogP contribution in [0.4, 0.5) is 0 Å². The molecule has 1 aromatic heterocycles. The molecule has 0 aliphatic carbocycles. The molecule has 0 radical (unpaired) electrons. The number of hydrogen-bond donors (Lipinski definition) is 2. The maximum absolute atomic E-state index is 11.7. The normalized spacial score (nSPS) is 15.4. The molecule has 0 spiro atoms. The second-order valence-electron chi connectivity index (χ2n) is 4.10. The Hall–Kier alpha value is -1.20. The van der Waals surface area contributed by atoms with Crippen LogP contribution in [0.15, 0.2) is 4.79 Å². The van der Waals surface area contributed by atoms with Crippen molar-refractivity contribution in [1.82, 2.24) is 20.2 Å². The van der Waals surface area contributed by atoms with E-state index >= 15 is 0 Å². The lowest BCUT2D eigenvalue weighted by Crippen LogP contribution is -2.32. The van der Waals surface area contributed by atoms with Crippen LogP contribution in [-0.2, 0) is 19.5 Å². The first-order valence-electron chi connectivity index (χ1n) is 5.13. The number of H-pyrrole nitrogens is 1. The summed E-state index contributed by atoms with van der Waals surface area (Å²) in [6, 6.07) is 0. The Bertz CT molecular complexity index is 410. The Balaban J connectivity index is 2.36. The van der Waals surface area contributed by atoms with E-state index in [0.717, 1.165) is 30.0 Å². The van der Waals surface area contributed by atoms with Gasteiger partial charge in [0.15, 0.2) is 0 Å². The molecule has 0 unspecified atom stereocenters. The first-order valence-corrected chi connectivity index (χ1v) is 5.13. The van der Waals surface area contributed by atoms with Gasteiger partial charge in [-0.05, 0) is 27.1 Å². The molecule has 15 heavy (non-hydrogen) atoms. The van der Waals surface area contributed by atoms with Gasteiger partial charge in [0.2, 0.25) is 0 Å². The minimum Gasteiger partial charge on any atom is -0.311 e. The van der Waals surface area contributed by atoms with E-state index in [1.165, 1.54) is 0 Å². The topological polar surface area (TPSA) is 61.0 Å². The molecule has 0 bridgehead atoms. The van der Waals surface area contributed by atoms with Crippen molar-refractivity contribution in [3.8, 4) is 0 Å². The van der Waals surface area contributed by atoms with Crippen LogP contribution in [0.2, 0.25) is 0 Å². The highest BCUT2D eigenvalue weighted by atomic mass is 16.1. The van der Waals surface area contributed by atoms with E-state index in [1.54, 1.807) is 0 Å². The fraction of sp³-hybridized carbons (Fsp3) is 0.600. The fourth-order valence-electron chi connectivity index (χ4n) is 1.79. The van der Waals surface area contributed by atoms with Gasteiger partial charge in [0.25, 0.3) is 5.56 Å². The number of nitrogens with one attached hydrogen (secondary N) is 2. The average molecular weight is 208 g/mol. The molecule has 2 N–H and O–H groups in total. The van der Waals surface area contributed by atoms with E-state index in [0.29, 0.717) is 13.1 Å². The summed E-state index contributed by atoms with van der Waals surface area (Å²) >= 11 is 0. The Morgan fingerprint density at radius 2 is 2.27 bits per heavy atom. The molecular formula is C10H16N4O. The smallest absolute Gasteiger partial charge is 0.254 e. The zero-order chi connectivity index (χ0) is 10.8. The summed E-state index contributed by atoms with van der Waals surface area (Å²) in [7, 11) is 3.91. The number of nitrogens with zero attached hydrogens (tertiary/aromatic N) is 2. The van der Waals surface area contributed by atoms with Crippen LogP contribution in [0.3, 0.4) is 0 Å². The molecule has 5 heteroatoms. The first kappa shape index (κ1) is 10.3. The van der Waals surface area contributed by atoms with Gasteiger partial charge in [0.05, 0.1) is 12.2 Å². The molecule has 1 aromatic rings. The van der Waals surface area contributed by atoms with Crippen molar-refractivity contribution >= 4 is 0 Å². The molecule has 0 atom stereocenters. The molecular weight excluding hydrogens is 192 g/mol. The molecule has 1 aliphatic rings. The number of aromatic amines is 1. The Morgan fingerprint density at radius 3 is 3.00 bits per heavy atom. The van der Waals surface area contributed by atoms with Crippen LogP contribution in [0, 0.1) is 0 Å². The summed E-state index contributed by atoms with van der Waals surface area (Å²) in [6.07, 6.45) is 0.778. The van der Waals surface area contributed by atoms with Crippen molar-refractivity contribution in [2.75, 3.05) is 20.6 Å². The van der Waals surface area contributed by atoms with E-state index in [2.05, 4.69) is 15.3 Å². The summed E-state index contributed by atoms with van der Waals surface area (Å²) < 4.78 is 0. The number of fused-ring (bicyclic) bond motifs is 1. The van der Waals surface area contributed by atoms with E-state index in [4.69, 9.17) is 0 Å². The lowest BCUT2D eigenvalue weighted by Gasteiger charge is -2.17. The molecule has 2 rings (SSSR count). The molecule has 1 aliphatic heterocycles. The molecule has 0 saturated heterocycles. The number of aromatic nitrogens is 2. The van der Waals surface area contributed by atoms with Crippen molar-refractivity contribution in [2.24, 2.45) is 0 Å². The molecule has 0 saturated carbocycles. The molecule has 2 heterocycles. The van der Waals surface area contributed by atoms with E-state index in [1.807, 2.05) is 19.0 Å². The van der Waals surface area contributed by atoms with Crippen molar-refractivity contribution in [3.05, 3.63) is 27.4 Å². The lowest BCUT2D eigenvalue weighted by atomic mass is 10.1. The highest BCUT2D eigenvalue weighted by molar-refractivity contribution is 5.20. The molecule has 0 fully saturated rings. The van der Waals surface area contributed by atoms with Gasteiger partial charge in [-0.25, -0.2) is 4.98 Å². The number of rotatable bonds is 2. The van der Waals surface area contributed by atoms with Crippen LogP contribution in [-0.4, -0.2) is 35.5 Å². The SMILES string of the molecule is CN(C)Cc1nc2c(c(=O)[nH]1)CCNC2. The summed E-state index contributed by atoms with van der Waals surface area (Å²) in [5, 5.41) is 3.22. The van der Waals surface area contributed by atoms with Crippen LogP contribution in [0.5, 0.6) is 0 Å². The third-order valence-electron chi connectivity index (χ3n) is 2.46. The summed E-state index contributed by atoms with van der Waals surface area (Å²) in [5.74, 6) is 0.743. The summed E-state index contributed by atoms with van der Waals surface area (Å²) in [5.41, 5.74) is 1.77. The van der Waals surface area contributed by atoms with Gasteiger partial charge in [-0.3, -0.25) is 4.79 Å². The Labute approximate surface area is 88.5 Å². The van der Waals surface area contributed by atoms with Crippen molar-refractivity contribution < 1.29 is 0 Å². The minimum absolute atomic E-state index is 0.0263. The second kappa shape index (κ2) is 4.12. The maximum atomic E-state index is 11.7. The first-order chi connectivity index (χ1) is 7.16. The molecule has 0 aromatic carbocycles. The van der Waals surface area contributed by atoms with Gasteiger partial charge < -0.3 is 15.2 Å². The van der Waals surface area contributed by atoms with Gasteiger partial charge in [-0.15, -0.1) is 0 Å². The standard InChI is InChI=1S/C10H16N4O/c1-14(2)6-9-12-8-5-11-4-3-7(8)10(15)13-9/h11H,3-6H2,1-2H3,(H,12,13,15). The van der Waals surface area contributed by atoms with Crippen molar-refractivity contribution in [1.29, 1.82) is 0 Å². The highest BCUT2D eigenvalue weighted by Gasteiger charge is 2.14. The quantitative estimate of drug-likeness (QED) is 0.686. The van der Waals surface area contributed by atoms with E-state index in [9.17, 15) is 4.79 Å². The maximum Gasteiger partial charge on any atom is 0.254 e. The molecule has 5 nitrogen and oxygen atoms in total. The largest absolute Gasteiger partial charge is 0.311 e. The predicted octanol–water partition coefficient (Wildman–Crippen LogP) is -0.523. The second-order valence-corrected chi connectivity index (χ2v) is 4.10. The fourth-order valence-corrected chi connectivity index (χ4v) is 1.79. The third-order valence-corrected chi connectivity index (χ3v) is 2.46. The van der Waals surface area contributed by atoms with E-state index < -0.39 is 0 Å². The van der Waals surface area contributed by atoms with Crippen LogP contribution in [0.25, 0.3) is 0 Å².